The van der Waals surface area contributed by atoms with Gasteiger partial charge in [0.15, 0.2) is 0 Å². The molecule has 0 aliphatic carbocycles. The van der Waals surface area contributed by atoms with E-state index in [4.69, 9.17) is 14.2 Å². The lowest BCUT2D eigenvalue weighted by atomic mass is 10.00. The van der Waals surface area contributed by atoms with E-state index < -0.39 is 0 Å². The van der Waals surface area contributed by atoms with Gasteiger partial charge in [0, 0.05) is 36.6 Å². The van der Waals surface area contributed by atoms with Gasteiger partial charge in [0.1, 0.15) is 17.7 Å². The number of hydrogen-bond acceptors (Lipinski definition) is 6. The molecule has 3 aromatic carbocycles. The summed E-state index contributed by atoms with van der Waals surface area (Å²) < 4.78 is 16.5. The second kappa shape index (κ2) is 9.75. The number of nitrogens with one attached hydrogen (secondary N) is 1. The summed E-state index contributed by atoms with van der Waals surface area (Å²) in [5.41, 5.74) is 4.35. The first-order valence-corrected chi connectivity index (χ1v) is 11.5. The van der Waals surface area contributed by atoms with Crippen molar-refractivity contribution in [1.29, 1.82) is 0 Å². The first kappa shape index (κ1) is 22.3. The third-order valence-corrected chi connectivity index (χ3v) is 6.40. The molecule has 1 N–H and O–H groups in total. The SMILES string of the molecule is COc1ccc(N2C(=O)c3ccccc3N[C@H]2c2ccc(OC)c(CN3CCOCC3)c2)cc1. The third kappa shape index (κ3) is 4.32. The zero-order valence-electron chi connectivity index (χ0n) is 19.5. The fourth-order valence-corrected chi connectivity index (χ4v) is 4.59. The van der Waals surface area contributed by atoms with Crippen LogP contribution in [-0.4, -0.2) is 51.3 Å². The molecule has 1 fully saturated rings. The summed E-state index contributed by atoms with van der Waals surface area (Å²) in [6, 6.07) is 21.4. The molecule has 0 saturated carbocycles. The molecule has 5 rings (SSSR count). The third-order valence-electron chi connectivity index (χ3n) is 6.40. The highest BCUT2D eigenvalue weighted by Gasteiger charge is 2.34. The zero-order valence-corrected chi connectivity index (χ0v) is 19.5. The van der Waals surface area contributed by atoms with Gasteiger partial charge in [-0.2, -0.15) is 0 Å². The number of rotatable bonds is 6. The van der Waals surface area contributed by atoms with Crippen LogP contribution in [0.2, 0.25) is 0 Å². The summed E-state index contributed by atoms with van der Waals surface area (Å²) in [7, 11) is 3.33. The average Bonchev–Trinajstić information content (AvgIpc) is 2.89. The Labute approximate surface area is 199 Å². The van der Waals surface area contributed by atoms with Crippen LogP contribution in [0.1, 0.15) is 27.7 Å². The van der Waals surface area contributed by atoms with Crippen LogP contribution >= 0.6 is 0 Å². The fourth-order valence-electron chi connectivity index (χ4n) is 4.59. The Hall–Kier alpha value is -3.55. The van der Waals surface area contributed by atoms with Gasteiger partial charge in [-0.15, -0.1) is 0 Å². The van der Waals surface area contributed by atoms with E-state index in [2.05, 4.69) is 16.3 Å². The predicted molar refractivity (Wildman–Crippen MR) is 132 cm³/mol. The lowest BCUT2D eigenvalue weighted by Crippen LogP contribution is -2.43. The number of ether oxygens (including phenoxy) is 3. The average molecular weight is 460 g/mol. The van der Waals surface area contributed by atoms with Gasteiger partial charge in [0.2, 0.25) is 0 Å². The highest BCUT2D eigenvalue weighted by Crippen LogP contribution is 2.38. The van der Waals surface area contributed by atoms with Crippen LogP contribution in [0.3, 0.4) is 0 Å². The van der Waals surface area contributed by atoms with Gasteiger partial charge < -0.3 is 19.5 Å². The molecular weight excluding hydrogens is 430 g/mol. The number of amides is 1. The van der Waals surface area contributed by atoms with E-state index in [-0.39, 0.29) is 12.1 Å². The van der Waals surface area contributed by atoms with Crippen LogP contribution in [0.5, 0.6) is 11.5 Å². The van der Waals surface area contributed by atoms with Crippen LogP contribution in [0.25, 0.3) is 0 Å². The minimum atomic E-state index is -0.370. The molecule has 1 atom stereocenters. The summed E-state index contributed by atoms with van der Waals surface area (Å²) in [6.07, 6.45) is -0.370. The van der Waals surface area contributed by atoms with Crippen molar-refractivity contribution in [2.75, 3.05) is 50.7 Å². The van der Waals surface area contributed by atoms with Crippen LogP contribution in [-0.2, 0) is 11.3 Å². The molecular formula is C27H29N3O4. The first-order valence-electron chi connectivity index (χ1n) is 11.5. The van der Waals surface area contributed by atoms with E-state index in [0.29, 0.717) is 5.56 Å². The Balaban J connectivity index is 1.55. The van der Waals surface area contributed by atoms with Crippen molar-refractivity contribution in [3.63, 3.8) is 0 Å². The second-order valence-electron chi connectivity index (χ2n) is 8.43. The number of morpholine rings is 1. The lowest BCUT2D eigenvalue weighted by Gasteiger charge is -2.38. The van der Waals surface area contributed by atoms with Crippen molar-refractivity contribution < 1.29 is 19.0 Å². The van der Waals surface area contributed by atoms with Gasteiger partial charge >= 0.3 is 0 Å². The fraction of sp³-hybridized carbons (Fsp3) is 0.296. The van der Waals surface area contributed by atoms with Crippen molar-refractivity contribution in [2.24, 2.45) is 0 Å². The second-order valence-corrected chi connectivity index (χ2v) is 8.43. The van der Waals surface area contributed by atoms with E-state index >= 15 is 0 Å². The van der Waals surface area contributed by atoms with Gasteiger partial charge in [-0.05, 0) is 54.1 Å². The first-order chi connectivity index (χ1) is 16.7. The van der Waals surface area contributed by atoms with Crippen molar-refractivity contribution >= 4 is 17.3 Å². The van der Waals surface area contributed by atoms with Crippen molar-refractivity contribution in [1.82, 2.24) is 4.90 Å². The molecule has 7 nitrogen and oxygen atoms in total. The molecule has 0 unspecified atom stereocenters. The number of carbonyl (C=O) groups excluding carboxylic acids is 1. The number of anilines is 2. The Morgan fingerprint density at radius 3 is 2.47 bits per heavy atom. The maximum atomic E-state index is 13.7. The number of methoxy groups -OCH3 is 2. The van der Waals surface area contributed by atoms with E-state index in [1.807, 2.05) is 65.6 Å². The Kier molecular flexibility index (Phi) is 6.38. The lowest BCUT2D eigenvalue weighted by molar-refractivity contribution is 0.0338. The minimum absolute atomic E-state index is 0.0462. The number of para-hydroxylation sites is 1. The highest BCUT2D eigenvalue weighted by molar-refractivity contribution is 6.12. The summed E-state index contributed by atoms with van der Waals surface area (Å²) in [5, 5.41) is 3.59. The minimum Gasteiger partial charge on any atom is -0.497 e. The standard InChI is InChI=1S/C27H29N3O4/c1-32-22-10-8-21(9-11-22)30-26(28-24-6-4-3-5-23(24)27(30)31)19-7-12-25(33-2)20(17-19)18-29-13-15-34-16-14-29/h3-12,17,26,28H,13-16,18H2,1-2H3/t26-/m1/s1. The van der Waals surface area contributed by atoms with Gasteiger partial charge in [0.25, 0.3) is 5.91 Å². The maximum Gasteiger partial charge on any atom is 0.262 e. The Bertz CT molecular complexity index is 1160. The summed E-state index contributed by atoms with van der Waals surface area (Å²) in [5.74, 6) is 1.54. The number of fused-ring (bicyclic) bond motifs is 1. The van der Waals surface area contributed by atoms with Gasteiger partial charge in [-0.3, -0.25) is 14.6 Å². The quantitative estimate of drug-likeness (QED) is 0.593. The zero-order chi connectivity index (χ0) is 23.5. The van der Waals surface area contributed by atoms with Gasteiger partial charge in [0.05, 0.1) is 33.0 Å². The molecule has 0 bridgehead atoms. The summed E-state index contributed by atoms with van der Waals surface area (Å²) in [6.45, 7) is 4.02. The summed E-state index contributed by atoms with van der Waals surface area (Å²) in [4.78, 5) is 17.9. The number of hydrogen-bond donors (Lipinski definition) is 1. The Morgan fingerprint density at radius 1 is 0.971 bits per heavy atom. The van der Waals surface area contributed by atoms with E-state index in [0.717, 1.165) is 66.8 Å². The molecule has 176 valence electrons. The normalized spacial score (nSPS) is 18.2. The molecule has 2 aliphatic heterocycles. The molecule has 2 heterocycles. The number of nitrogens with zero attached hydrogens (tertiary/aromatic N) is 2. The van der Waals surface area contributed by atoms with E-state index in [1.165, 1.54) is 0 Å². The Morgan fingerprint density at radius 2 is 1.74 bits per heavy atom. The molecule has 2 aliphatic rings. The number of benzene rings is 3. The van der Waals surface area contributed by atoms with Crippen LogP contribution in [0.15, 0.2) is 66.7 Å². The maximum absolute atomic E-state index is 13.7. The van der Waals surface area contributed by atoms with Crippen LogP contribution in [0.4, 0.5) is 11.4 Å². The van der Waals surface area contributed by atoms with Crippen LogP contribution < -0.4 is 19.7 Å². The predicted octanol–water partition coefficient (Wildman–Crippen LogP) is 4.31. The molecule has 7 heteroatoms. The smallest absolute Gasteiger partial charge is 0.262 e. The van der Waals surface area contributed by atoms with Crippen molar-refractivity contribution in [2.45, 2.75) is 12.7 Å². The van der Waals surface area contributed by atoms with Crippen molar-refractivity contribution in [3.05, 3.63) is 83.4 Å². The topological polar surface area (TPSA) is 63.3 Å². The van der Waals surface area contributed by atoms with Gasteiger partial charge in [-0.25, -0.2) is 0 Å². The molecule has 34 heavy (non-hydrogen) atoms. The highest BCUT2D eigenvalue weighted by atomic mass is 16.5. The molecule has 1 saturated heterocycles. The van der Waals surface area contributed by atoms with E-state index in [9.17, 15) is 4.79 Å². The monoisotopic (exact) mass is 459 g/mol. The number of carbonyl (C=O) groups is 1. The van der Waals surface area contributed by atoms with E-state index in [1.54, 1.807) is 14.2 Å². The van der Waals surface area contributed by atoms with Crippen LogP contribution in [0, 0.1) is 0 Å². The van der Waals surface area contributed by atoms with Crippen molar-refractivity contribution in [3.8, 4) is 11.5 Å². The summed E-state index contributed by atoms with van der Waals surface area (Å²) >= 11 is 0. The molecule has 1 amide bonds. The molecule has 0 aromatic heterocycles. The van der Waals surface area contributed by atoms with Gasteiger partial charge in [-0.1, -0.05) is 18.2 Å². The molecule has 0 spiro atoms. The molecule has 3 aromatic rings. The largest absolute Gasteiger partial charge is 0.497 e. The molecule has 0 radical (unpaired) electrons.